The Hall–Kier alpha value is -5.60. The van der Waals surface area contributed by atoms with Crippen molar-refractivity contribution in [1.29, 1.82) is 0 Å². The fourth-order valence-corrected chi connectivity index (χ4v) is 7.49. The van der Waals surface area contributed by atoms with E-state index in [1.165, 1.54) is 56.1 Å². The second-order valence-electron chi connectivity index (χ2n) is 12.9. The molecule has 0 aliphatic heterocycles. The zero-order valence-corrected chi connectivity index (χ0v) is 27.1. The van der Waals surface area contributed by atoms with Gasteiger partial charge in [0.15, 0.2) is 0 Å². The fraction of sp³-hybridized carbons (Fsp3) is 0.130. The van der Waals surface area contributed by atoms with E-state index in [0.717, 1.165) is 36.5 Å². The van der Waals surface area contributed by atoms with Crippen LogP contribution in [0.1, 0.15) is 40.2 Å². The Kier molecular flexibility index (Phi) is 8.46. The number of para-hydroxylation sites is 1. The Morgan fingerprint density at radius 2 is 1.40 bits per heavy atom. The van der Waals surface area contributed by atoms with E-state index >= 15 is 0 Å². The van der Waals surface area contributed by atoms with Crippen molar-refractivity contribution in [3.05, 3.63) is 198 Å². The molecule has 2 heteroatoms. The predicted octanol–water partition coefficient (Wildman–Crippen LogP) is 11.4. The molecule has 8 rings (SSSR count). The fourth-order valence-electron chi connectivity index (χ4n) is 7.49. The molecule has 2 nitrogen and oxygen atoms in total. The Bertz CT molecular complexity index is 2120. The predicted molar refractivity (Wildman–Crippen MR) is 203 cm³/mol. The van der Waals surface area contributed by atoms with Crippen LogP contribution in [-0.2, 0) is 19.4 Å². The maximum absolute atomic E-state index is 3.79. The van der Waals surface area contributed by atoms with Gasteiger partial charge in [0.1, 0.15) is 0 Å². The first-order valence-electron chi connectivity index (χ1n) is 17.2. The van der Waals surface area contributed by atoms with E-state index in [1.54, 1.807) is 0 Å². The standard InChI is InChI=1S/C46H40N2/c1-3-13-33(14-4-1)25-30-44(36-16-5-2-6-17-36)47-32-34-23-27-38(28-24-34)48-45-22-12-11-21-41(45)43-31-37-18-8-9-19-39(37)42-29-26-35-15-7-10-20-40(35)46(42)43/h1-24,27-28,30-31,35,40,47-48H,25-26,29,32H2/b44-30-. The largest absolute Gasteiger partial charge is 0.381 e. The molecule has 0 saturated heterocycles. The van der Waals surface area contributed by atoms with E-state index < -0.39 is 0 Å². The highest BCUT2D eigenvalue weighted by Gasteiger charge is 2.31. The molecule has 0 aromatic heterocycles. The van der Waals surface area contributed by atoms with Gasteiger partial charge in [-0.1, -0.05) is 146 Å². The van der Waals surface area contributed by atoms with Gasteiger partial charge in [0, 0.05) is 35.1 Å². The van der Waals surface area contributed by atoms with Crippen molar-refractivity contribution in [2.75, 3.05) is 5.32 Å². The van der Waals surface area contributed by atoms with Crippen LogP contribution in [0.25, 0.3) is 27.6 Å². The van der Waals surface area contributed by atoms with Gasteiger partial charge in [0.2, 0.25) is 0 Å². The first-order valence-corrected chi connectivity index (χ1v) is 17.2. The minimum Gasteiger partial charge on any atom is -0.381 e. The van der Waals surface area contributed by atoms with Gasteiger partial charge >= 0.3 is 0 Å². The number of hydrogen-bond acceptors (Lipinski definition) is 2. The summed E-state index contributed by atoms with van der Waals surface area (Å²) in [5.74, 6) is 0.958. The number of aryl methyl sites for hydroxylation is 1. The molecule has 6 aromatic carbocycles. The van der Waals surface area contributed by atoms with Crippen LogP contribution in [0.15, 0.2) is 170 Å². The summed E-state index contributed by atoms with van der Waals surface area (Å²) in [6, 6.07) is 50.2. The number of nitrogens with one attached hydrogen (secondary N) is 2. The zero-order chi connectivity index (χ0) is 32.1. The van der Waals surface area contributed by atoms with E-state index in [-0.39, 0.29) is 0 Å². The number of benzene rings is 6. The molecule has 48 heavy (non-hydrogen) atoms. The van der Waals surface area contributed by atoms with Crippen molar-refractivity contribution < 1.29 is 0 Å². The lowest BCUT2D eigenvalue weighted by Gasteiger charge is -2.34. The second kappa shape index (κ2) is 13.6. The number of fused-ring (bicyclic) bond motifs is 5. The molecule has 0 bridgehead atoms. The summed E-state index contributed by atoms with van der Waals surface area (Å²) in [6.07, 6.45) is 14.8. The van der Waals surface area contributed by atoms with Crippen LogP contribution in [0, 0.1) is 5.92 Å². The third-order valence-corrected chi connectivity index (χ3v) is 9.91. The van der Waals surface area contributed by atoms with Gasteiger partial charge in [-0.2, -0.15) is 0 Å². The lowest BCUT2D eigenvalue weighted by Crippen LogP contribution is -2.20. The summed E-state index contributed by atoms with van der Waals surface area (Å²) in [4.78, 5) is 0. The molecular formula is C46H40N2. The maximum atomic E-state index is 3.79. The van der Waals surface area contributed by atoms with Crippen molar-refractivity contribution in [1.82, 2.24) is 5.32 Å². The monoisotopic (exact) mass is 620 g/mol. The van der Waals surface area contributed by atoms with Gasteiger partial charge in [-0.25, -0.2) is 0 Å². The average molecular weight is 621 g/mol. The van der Waals surface area contributed by atoms with Gasteiger partial charge in [-0.15, -0.1) is 0 Å². The molecule has 2 atom stereocenters. The molecule has 0 spiro atoms. The molecule has 0 amide bonds. The van der Waals surface area contributed by atoms with Crippen molar-refractivity contribution in [2.24, 2.45) is 5.92 Å². The van der Waals surface area contributed by atoms with Crippen LogP contribution >= 0.6 is 0 Å². The molecule has 0 saturated carbocycles. The van der Waals surface area contributed by atoms with Crippen molar-refractivity contribution in [2.45, 2.75) is 31.7 Å². The molecule has 2 N–H and O–H groups in total. The maximum Gasteiger partial charge on any atom is 0.0464 e. The number of anilines is 2. The molecule has 6 aromatic rings. The highest BCUT2D eigenvalue weighted by molar-refractivity contribution is 5.96. The molecule has 2 aliphatic carbocycles. The highest BCUT2D eigenvalue weighted by Crippen LogP contribution is 2.48. The molecule has 2 unspecified atom stereocenters. The van der Waals surface area contributed by atoms with E-state index in [2.05, 4.69) is 181 Å². The molecular weight excluding hydrogens is 581 g/mol. The Balaban J connectivity index is 1.05. The summed E-state index contributed by atoms with van der Waals surface area (Å²) in [5, 5.41) is 10.2. The molecule has 0 fully saturated rings. The zero-order valence-electron chi connectivity index (χ0n) is 27.1. The Morgan fingerprint density at radius 3 is 2.25 bits per heavy atom. The lowest BCUT2D eigenvalue weighted by molar-refractivity contribution is 0.502. The number of rotatable bonds is 9. The topological polar surface area (TPSA) is 24.1 Å². The van der Waals surface area contributed by atoms with Gasteiger partial charge in [-0.05, 0) is 93.6 Å². The van der Waals surface area contributed by atoms with Crippen molar-refractivity contribution in [3.63, 3.8) is 0 Å². The second-order valence-corrected chi connectivity index (χ2v) is 12.9. The first-order chi connectivity index (χ1) is 23.8. The highest BCUT2D eigenvalue weighted by atomic mass is 14.9. The lowest BCUT2D eigenvalue weighted by atomic mass is 9.69. The molecule has 0 radical (unpaired) electrons. The quantitative estimate of drug-likeness (QED) is 0.168. The van der Waals surface area contributed by atoms with Gasteiger partial charge in [0.25, 0.3) is 0 Å². The van der Waals surface area contributed by atoms with Crippen LogP contribution < -0.4 is 10.6 Å². The summed E-state index contributed by atoms with van der Waals surface area (Å²) in [7, 11) is 0. The molecule has 234 valence electrons. The number of allylic oxidation sites excluding steroid dienone is 5. The molecule has 2 aliphatic rings. The van der Waals surface area contributed by atoms with Gasteiger partial charge in [0.05, 0.1) is 0 Å². The minimum absolute atomic E-state index is 0.403. The minimum atomic E-state index is 0.403. The summed E-state index contributed by atoms with van der Waals surface area (Å²) in [5.41, 5.74) is 12.7. The van der Waals surface area contributed by atoms with E-state index in [1.807, 2.05) is 0 Å². The van der Waals surface area contributed by atoms with E-state index in [4.69, 9.17) is 0 Å². The van der Waals surface area contributed by atoms with E-state index in [9.17, 15) is 0 Å². The normalized spacial score (nSPS) is 16.7. The van der Waals surface area contributed by atoms with Crippen LogP contribution in [0.3, 0.4) is 0 Å². The summed E-state index contributed by atoms with van der Waals surface area (Å²) in [6.45, 7) is 0.750. The first kappa shape index (κ1) is 29.8. The van der Waals surface area contributed by atoms with Gasteiger partial charge in [-0.3, -0.25) is 0 Å². The van der Waals surface area contributed by atoms with Crippen LogP contribution in [-0.4, -0.2) is 0 Å². The Morgan fingerprint density at radius 1 is 0.667 bits per heavy atom. The SMILES string of the molecule is C1=CC2CCc3c(c(-c4ccccc4Nc4ccc(CN/C(=C\Cc5ccccc5)c5ccccc5)cc4)cc4ccccc34)C2C=C1. The third kappa shape index (κ3) is 6.22. The van der Waals surface area contributed by atoms with Crippen molar-refractivity contribution >= 4 is 27.8 Å². The third-order valence-electron chi connectivity index (χ3n) is 9.91. The Labute approximate surface area is 284 Å². The van der Waals surface area contributed by atoms with Crippen LogP contribution in [0.5, 0.6) is 0 Å². The summed E-state index contributed by atoms with van der Waals surface area (Å²) < 4.78 is 0. The smallest absolute Gasteiger partial charge is 0.0464 e. The van der Waals surface area contributed by atoms with Crippen LogP contribution in [0.2, 0.25) is 0 Å². The number of hydrogen-bond donors (Lipinski definition) is 2. The van der Waals surface area contributed by atoms with Crippen LogP contribution in [0.4, 0.5) is 11.4 Å². The molecule has 0 heterocycles. The summed E-state index contributed by atoms with van der Waals surface area (Å²) >= 11 is 0. The van der Waals surface area contributed by atoms with Crippen molar-refractivity contribution in [3.8, 4) is 11.1 Å². The van der Waals surface area contributed by atoms with E-state index in [0.29, 0.717) is 11.8 Å². The average Bonchev–Trinajstić information content (AvgIpc) is 3.16. The van der Waals surface area contributed by atoms with Gasteiger partial charge < -0.3 is 10.6 Å².